The van der Waals surface area contributed by atoms with Crippen LogP contribution in [-0.2, 0) is 14.3 Å². The molecule has 2 aromatic rings. The predicted octanol–water partition coefficient (Wildman–Crippen LogP) is 3.53. The normalized spacial score (nSPS) is 13.7. The highest BCUT2D eigenvalue weighted by Crippen LogP contribution is 2.38. The van der Waals surface area contributed by atoms with E-state index in [1.54, 1.807) is 24.3 Å². The maximum absolute atomic E-state index is 12.2. The molecule has 1 N–H and O–H groups in total. The molecule has 1 aromatic carbocycles. The molecule has 6 heteroatoms. The molecule has 0 radical (unpaired) electrons. The monoisotopic (exact) mass is 363 g/mol. The summed E-state index contributed by atoms with van der Waals surface area (Å²) in [6, 6.07) is 13.2. The smallest absolute Gasteiger partial charge is 0.349 e. The van der Waals surface area contributed by atoms with E-state index in [1.807, 2.05) is 32.0 Å². The van der Waals surface area contributed by atoms with Gasteiger partial charge in [-0.05, 0) is 56.5 Å². The molecule has 3 rings (SSSR count). The van der Waals surface area contributed by atoms with Crippen LogP contribution in [0.3, 0.4) is 0 Å². The number of hydrogen-bond donors (Lipinski definition) is 1. The van der Waals surface area contributed by atoms with Gasteiger partial charge in [0.1, 0.15) is 11.6 Å². The Morgan fingerprint density at radius 2 is 2.00 bits per heavy atom. The van der Waals surface area contributed by atoms with Gasteiger partial charge in [0.2, 0.25) is 0 Å². The number of esters is 1. The van der Waals surface area contributed by atoms with Crippen LogP contribution in [0, 0.1) is 25.2 Å². The predicted molar refractivity (Wildman–Crippen MR) is 102 cm³/mol. The van der Waals surface area contributed by atoms with Crippen molar-refractivity contribution in [2.45, 2.75) is 32.7 Å². The second-order valence-corrected chi connectivity index (χ2v) is 6.59. The Kier molecular flexibility index (Phi) is 5.41. The van der Waals surface area contributed by atoms with Crippen LogP contribution in [0.5, 0.6) is 0 Å². The minimum Gasteiger partial charge on any atom is -0.451 e. The topological polar surface area (TPSA) is 84.1 Å². The first-order valence-corrected chi connectivity index (χ1v) is 8.82. The van der Waals surface area contributed by atoms with Gasteiger partial charge in [0.15, 0.2) is 6.61 Å². The number of carbonyl (C=O) groups is 2. The Hall–Kier alpha value is -3.33. The lowest BCUT2D eigenvalue weighted by atomic mass is 10.1. The van der Waals surface area contributed by atoms with Gasteiger partial charge in [-0.2, -0.15) is 5.26 Å². The van der Waals surface area contributed by atoms with Crippen molar-refractivity contribution in [2.75, 3.05) is 11.9 Å². The summed E-state index contributed by atoms with van der Waals surface area (Å²) in [5, 5.41) is 11.9. The summed E-state index contributed by atoms with van der Waals surface area (Å²) in [5.74, 6) is -1.27. The molecular weight excluding hydrogens is 342 g/mol. The number of benzene rings is 1. The minimum atomic E-state index is -0.808. The number of hydrogen-bond acceptors (Lipinski definition) is 4. The van der Waals surface area contributed by atoms with Crippen LogP contribution < -0.4 is 5.32 Å². The number of aryl methyl sites for hydroxylation is 1. The molecule has 1 aliphatic carbocycles. The molecule has 1 aromatic heterocycles. The van der Waals surface area contributed by atoms with Gasteiger partial charge in [-0.15, -0.1) is 0 Å². The Labute approximate surface area is 158 Å². The molecule has 0 atom stereocenters. The molecule has 1 amide bonds. The summed E-state index contributed by atoms with van der Waals surface area (Å²) in [6.45, 7) is 3.54. The SMILES string of the molecule is Cc1cc(/C=C(\C#N)C(=O)OCC(=O)Nc2ccccc2)c(C)n1C1CC1. The highest BCUT2D eigenvalue weighted by molar-refractivity contribution is 6.00. The van der Waals surface area contributed by atoms with Crippen molar-refractivity contribution < 1.29 is 14.3 Å². The summed E-state index contributed by atoms with van der Waals surface area (Å²) >= 11 is 0. The zero-order valence-corrected chi connectivity index (χ0v) is 15.4. The highest BCUT2D eigenvalue weighted by atomic mass is 16.5. The number of carbonyl (C=O) groups excluding carboxylic acids is 2. The van der Waals surface area contributed by atoms with Gasteiger partial charge in [0, 0.05) is 23.1 Å². The van der Waals surface area contributed by atoms with Crippen LogP contribution in [0.4, 0.5) is 5.69 Å². The largest absolute Gasteiger partial charge is 0.451 e. The molecule has 0 bridgehead atoms. The van der Waals surface area contributed by atoms with E-state index in [-0.39, 0.29) is 5.57 Å². The number of rotatable bonds is 6. The Morgan fingerprint density at radius 1 is 1.30 bits per heavy atom. The lowest BCUT2D eigenvalue weighted by molar-refractivity contribution is -0.142. The van der Waals surface area contributed by atoms with Crippen LogP contribution in [0.2, 0.25) is 0 Å². The van der Waals surface area contributed by atoms with E-state index in [0.29, 0.717) is 11.7 Å². The molecule has 1 heterocycles. The summed E-state index contributed by atoms with van der Waals surface area (Å²) in [4.78, 5) is 24.1. The van der Waals surface area contributed by atoms with Gasteiger partial charge in [0.05, 0.1) is 0 Å². The van der Waals surface area contributed by atoms with Crippen molar-refractivity contribution in [3.8, 4) is 6.07 Å². The first-order chi connectivity index (χ1) is 13.0. The number of nitrogens with one attached hydrogen (secondary N) is 1. The van der Waals surface area contributed by atoms with Gasteiger partial charge >= 0.3 is 5.97 Å². The number of amides is 1. The Bertz CT molecular complexity index is 932. The summed E-state index contributed by atoms with van der Waals surface area (Å²) in [6.07, 6.45) is 3.84. The molecule has 138 valence electrons. The van der Waals surface area contributed by atoms with E-state index in [0.717, 1.165) is 29.8 Å². The molecule has 1 fully saturated rings. The molecule has 0 aliphatic heterocycles. The van der Waals surface area contributed by atoms with Crippen LogP contribution in [0.25, 0.3) is 6.08 Å². The molecule has 0 saturated heterocycles. The van der Waals surface area contributed by atoms with Crippen molar-refractivity contribution in [3.63, 3.8) is 0 Å². The average Bonchev–Trinajstić information content (AvgIpc) is 3.44. The van der Waals surface area contributed by atoms with Gasteiger partial charge < -0.3 is 14.6 Å². The summed E-state index contributed by atoms with van der Waals surface area (Å²) in [5.41, 5.74) is 3.44. The van der Waals surface area contributed by atoms with Crippen molar-refractivity contribution in [3.05, 3.63) is 58.9 Å². The molecule has 6 nitrogen and oxygen atoms in total. The molecule has 27 heavy (non-hydrogen) atoms. The maximum atomic E-state index is 12.2. The molecule has 1 saturated carbocycles. The molecule has 0 spiro atoms. The van der Waals surface area contributed by atoms with Gasteiger partial charge in [-0.1, -0.05) is 18.2 Å². The number of nitriles is 1. The van der Waals surface area contributed by atoms with Gasteiger partial charge in [-0.3, -0.25) is 4.79 Å². The first kappa shape index (κ1) is 18.5. The number of aromatic nitrogens is 1. The molecular formula is C21H21N3O3. The lowest BCUT2D eigenvalue weighted by Gasteiger charge is -2.07. The van der Waals surface area contributed by atoms with Crippen molar-refractivity contribution in [1.82, 2.24) is 4.57 Å². The highest BCUT2D eigenvalue weighted by Gasteiger charge is 2.27. The number of para-hydroxylation sites is 1. The van der Waals surface area contributed by atoms with Crippen LogP contribution in [0.15, 0.2) is 42.0 Å². The third-order valence-electron chi connectivity index (χ3n) is 4.47. The van der Waals surface area contributed by atoms with Gasteiger partial charge in [-0.25, -0.2) is 4.79 Å². The van der Waals surface area contributed by atoms with Crippen LogP contribution >= 0.6 is 0 Å². The fourth-order valence-electron chi connectivity index (χ4n) is 3.06. The Balaban J connectivity index is 1.64. The fourth-order valence-corrected chi connectivity index (χ4v) is 3.06. The second-order valence-electron chi connectivity index (χ2n) is 6.59. The minimum absolute atomic E-state index is 0.126. The lowest BCUT2D eigenvalue weighted by Crippen LogP contribution is -2.21. The third-order valence-corrected chi connectivity index (χ3v) is 4.47. The van der Waals surface area contributed by atoms with Gasteiger partial charge in [0.25, 0.3) is 5.91 Å². The summed E-state index contributed by atoms with van der Waals surface area (Å²) < 4.78 is 7.23. The zero-order valence-electron chi connectivity index (χ0n) is 15.4. The first-order valence-electron chi connectivity index (χ1n) is 8.82. The average molecular weight is 363 g/mol. The Morgan fingerprint density at radius 3 is 2.63 bits per heavy atom. The van der Waals surface area contributed by atoms with Crippen molar-refractivity contribution in [1.29, 1.82) is 5.26 Å². The third kappa shape index (κ3) is 4.45. The second kappa shape index (κ2) is 7.92. The zero-order chi connectivity index (χ0) is 19.4. The fraction of sp³-hybridized carbons (Fsp3) is 0.286. The van der Waals surface area contributed by atoms with Crippen molar-refractivity contribution >= 4 is 23.6 Å². The van der Waals surface area contributed by atoms with E-state index in [4.69, 9.17) is 4.74 Å². The number of anilines is 1. The number of nitrogens with zero attached hydrogens (tertiary/aromatic N) is 2. The van der Waals surface area contributed by atoms with Crippen LogP contribution in [0.1, 0.15) is 35.8 Å². The van der Waals surface area contributed by atoms with Crippen molar-refractivity contribution in [2.24, 2.45) is 0 Å². The quantitative estimate of drug-likeness (QED) is 0.483. The van der Waals surface area contributed by atoms with E-state index in [9.17, 15) is 14.9 Å². The van der Waals surface area contributed by atoms with Crippen LogP contribution in [-0.4, -0.2) is 23.1 Å². The summed E-state index contributed by atoms with van der Waals surface area (Å²) in [7, 11) is 0. The maximum Gasteiger partial charge on any atom is 0.349 e. The van der Waals surface area contributed by atoms with E-state index >= 15 is 0 Å². The standard InChI is InChI=1S/C21H21N3O3/c1-14-10-16(15(2)24(14)19-8-9-19)11-17(12-22)21(26)27-13-20(25)23-18-6-4-3-5-7-18/h3-7,10-11,19H,8-9,13H2,1-2H3,(H,23,25)/b17-11+. The molecule has 1 aliphatic rings. The molecule has 0 unspecified atom stereocenters. The van der Waals surface area contributed by atoms with E-state index < -0.39 is 18.5 Å². The van der Waals surface area contributed by atoms with E-state index in [2.05, 4.69) is 9.88 Å². The van der Waals surface area contributed by atoms with E-state index in [1.165, 1.54) is 6.08 Å². The number of ether oxygens (including phenoxy) is 1.